The van der Waals surface area contributed by atoms with E-state index in [1.807, 2.05) is 42.5 Å². The van der Waals surface area contributed by atoms with Crippen molar-refractivity contribution in [1.29, 1.82) is 0 Å². The van der Waals surface area contributed by atoms with Gasteiger partial charge in [0.1, 0.15) is 11.5 Å². The van der Waals surface area contributed by atoms with Crippen molar-refractivity contribution in [2.75, 3.05) is 13.1 Å². The first kappa shape index (κ1) is 14.1. The van der Waals surface area contributed by atoms with E-state index in [9.17, 15) is 0 Å². The van der Waals surface area contributed by atoms with Crippen molar-refractivity contribution in [1.82, 2.24) is 5.32 Å². The zero-order valence-electron chi connectivity index (χ0n) is 11.0. The highest BCUT2D eigenvalue weighted by atomic mass is 79.9. The van der Waals surface area contributed by atoms with E-state index in [0.29, 0.717) is 0 Å². The fraction of sp³-hybridized carbons (Fsp3) is 0.250. The van der Waals surface area contributed by atoms with Crippen molar-refractivity contribution < 1.29 is 4.42 Å². The minimum Gasteiger partial charge on any atom is -0.457 e. The van der Waals surface area contributed by atoms with Crippen LogP contribution < -0.4 is 5.32 Å². The molecule has 0 saturated heterocycles. The topological polar surface area (TPSA) is 25.2 Å². The van der Waals surface area contributed by atoms with Crippen LogP contribution in [0.5, 0.6) is 0 Å². The molecule has 2 nitrogen and oxygen atoms in total. The third kappa shape index (κ3) is 4.37. The van der Waals surface area contributed by atoms with Gasteiger partial charge in [-0.1, -0.05) is 41.1 Å². The Morgan fingerprint density at radius 1 is 1.16 bits per heavy atom. The van der Waals surface area contributed by atoms with Crippen molar-refractivity contribution in [2.45, 2.75) is 13.3 Å². The van der Waals surface area contributed by atoms with E-state index in [-0.39, 0.29) is 0 Å². The Morgan fingerprint density at radius 2 is 1.95 bits per heavy atom. The molecule has 1 aromatic heterocycles. The molecule has 1 N–H and O–H groups in total. The average molecular weight is 320 g/mol. The first-order chi connectivity index (χ1) is 9.29. The maximum Gasteiger partial charge on any atom is 0.134 e. The largest absolute Gasteiger partial charge is 0.457 e. The summed E-state index contributed by atoms with van der Waals surface area (Å²) in [4.78, 5) is 0. The second-order valence-electron chi connectivity index (χ2n) is 4.32. The lowest BCUT2D eigenvalue weighted by atomic mass is 10.2. The molecule has 0 fully saturated rings. The van der Waals surface area contributed by atoms with E-state index in [4.69, 9.17) is 4.42 Å². The summed E-state index contributed by atoms with van der Waals surface area (Å²) in [5.74, 6) is 1.78. The van der Waals surface area contributed by atoms with Crippen LogP contribution in [-0.4, -0.2) is 13.1 Å². The molecular weight excluding hydrogens is 302 g/mol. The lowest BCUT2D eigenvalue weighted by molar-refractivity contribution is 0.571. The first-order valence-corrected chi connectivity index (χ1v) is 7.32. The molecule has 2 rings (SSSR count). The Labute approximate surface area is 122 Å². The van der Waals surface area contributed by atoms with Crippen LogP contribution in [0.3, 0.4) is 0 Å². The maximum atomic E-state index is 5.79. The fourth-order valence-corrected chi connectivity index (χ4v) is 2.01. The molecule has 100 valence electrons. The third-order valence-corrected chi connectivity index (χ3v) is 3.26. The Bertz CT molecular complexity index is 528. The van der Waals surface area contributed by atoms with Crippen LogP contribution in [0, 0.1) is 0 Å². The Hall–Kier alpha value is -1.32. The van der Waals surface area contributed by atoms with E-state index in [1.54, 1.807) is 0 Å². The van der Waals surface area contributed by atoms with E-state index < -0.39 is 0 Å². The summed E-state index contributed by atoms with van der Waals surface area (Å²) in [6.45, 7) is 4.09. The van der Waals surface area contributed by atoms with Gasteiger partial charge in [0.25, 0.3) is 0 Å². The van der Waals surface area contributed by atoms with Crippen LogP contribution in [0.15, 0.2) is 51.4 Å². The molecule has 19 heavy (non-hydrogen) atoms. The summed E-state index contributed by atoms with van der Waals surface area (Å²) in [6.07, 6.45) is 5.24. The number of nitrogens with one attached hydrogen (secondary N) is 1. The third-order valence-electron chi connectivity index (χ3n) is 2.73. The van der Waals surface area contributed by atoms with Gasteiger partial charge in [-0.3, -0.25) is 0 Å². The molecule has 3 heteroatoms. The molecule has 0 radical (unpaired) electrons. The van der Waals surface area contributed by atoms with Gasteiger partial charge in [-0.15, -0.1) is 0 Å². The van der Waals surface area contributed by atoms with Crippen molar-refractivity contribution in [2.24, 2.45) is 0 Å². The molecule has 0 bridgehead atoms. The van der Waals surface area contributed by atoms with Gasteiger partial charge in [-0.2, -0.15) is 0 Å². The van der Waals surface area contributed by atoms with E-state index >= 15 is 0 Å². The van der Waals surface area contributed by atoms with Gasteiger partial charge in [0.2, 0.25) is 0 Å². The van der Waals surface area contributed by atoms with Crippen molar-refractivity contribution >= 4 is 22.0 Å². The Morgan fingerprint density at radius 3 is 2.68 bits per heavy atom. The number of benzene rings is 1. The van der Waals surface area contributed by atoms with Crippen LogP contribution in [0.2, 0.25) is 0 Å². The molecule has 0 unspecified atom stereocenters. The first-order valence-electron chi connectivity index (χ1n) is 6.52. The summed E-state index contributed by atoms with van der Waals surface area (Å²) in [7, 11) is 0. The molecule has 0 amide bonds. The summed E-state index contributed by atoms with van der Waals surface area (Å²) >= 11 is 3.43. The second-order valence-corrected chi connectivity index (χ2v) is 5.23. The van der Waals surface area contributed by atoms with Crippen LogP contribution in [-0.2, 0) is 0 Å². The number of rotatable bonds is 6. The number of halogens is 1. The van der Waals surface area contributed by atoms with Crippen LogP contribution >= 0.6 is 15.9 Å². The standard InChI is InChI=1S/C16H18BrNO/c1-2-11-18-12-3-4-15-9-10-16(19-15)13-5-7-14(17)8-6-13/h3-10,18H,2,11-12H2,1H3. The quantitative estimate of drug-likeness (QED) is 0.779. The predicted molar refractivity (Wildman–Crippen MR) is 84.0 cm³/mol. The molecule has 0 saturated carbocycles. The van der Waals surface area contributed by atoms with Gasteiger partial charge in [0, 0.05) is 16.6 Å². The molecule has 0 spiro atoms. The van der Waals surface area contributed by atoms with Crippen LogP contribution in [0.4, 0.5) is 0 Å². The van der Waals surface area contributed by atoms with Gasteiger partial charge in [-0.25, -0.2) is 0 Å². The second kappa shape index (κ2) is 7.31. The molecule has 0 aliphatic heterocycles. The SMILES string of the molecule is CCCNCC=Cc1ccc(-c2ccc(Br)cc2)o1. The highest BCUT2D eigenvalue weighted by molar-refractivity contribution is 9.10. The van der Waals surface area contributed by atoms with Gasteiger partial charge >= 0.3 is 0 Å². The van der Waals surface area contributed by atoms with Crippen LogP contribution in [0.1, 0.15) is 19.1 Å². The summed E-state index contributed by atoms with van der Waals surface area (Å²) in [6, 6.07) is 12.1. The minimum absolute atomic E-state index is 0.877. The highest BCUT2D eigenvalue weighted by Gasteiger charge is 2.02. The smallest absolute Gasteiger partial charge is 0.134 e. The van der Waals surface area contributed by atoms with Gasteiger partial charge in [0.15, 0.2) is 0 Å². The zero-order chi connectivity index (χ0) is 13.5. The normalized spacial score (nSPS) is 11.3. The predicted octanol–water partition coefficient (Wildman–Crippen LogP) is 4.72. The Kier molecular flexibility index (Phi) is 5.43. The molecule has 2 aromatic rings. The molecule has 1 heterocycles. The zero-order valence-corrected chi connectivity index (χ0v) is 12.6. The van der Waals surface area contributed by atoms with Crippen molar-refractivity contribution in [3.8, 4) is 11.3 Å². The number of furan rings is 1. The van der Waals surface area contributed by atoms with Crippen molar-refractivity contribution in [3.05, 3.63) is 52.7 Å². The molecular formula is C16H18BrNO. The van der Waals surface area contributed by atoms with Crippen LogP contribution in [0.25, 0.3) is 17.4 Å². The van der Waals surface area contributed by atoms with Crippen molar-refractivity contribution in [3.63, 3.8) is 0 Å². The average Bonchev–Trinajstić information content (AvgIpc) is 2.88. The molecule has 0 atom stereocenters. The number of hydrogen-bond acceptors (Lipinski definition) is 2. The summed E-state index contributed by atoms with van der Waals surface area (Å²) in [5.41, 5.74) is 1.09. The summed E-state index contributed by atoms with van der Waals surface area (Å²) < 4.78 is 6.86. The van der Waals surface area contributed by atoms with Gasteiger partial charge < -0.3 is 9.73 Å². The fourth-order valence-electron chi connectivity index (χ4n) is 1.75. The van der Waals surface area contributed by atoms with E-state index in [2.05, 4.69) is 34.2 Å². The van der Waals surface area contributed by atoms with E-state index in [1.165, 1.54) is 0 Å². The molecule has 0 aliphatic rings. The minimum atomic E-state index is 0.877. The monoisotopic (exact) mass is 319 g/mol. The van der Waals surface area contributed by atoms with E-state index in [0.717, 1.165) is 41.1 Å². The van der Waals surface area contributed by atoms with Gasteiger partial charge in [-0.05, 0) is 43.3 Å². The molecule has 1 aromatic carbocycles. The lowest BCUT2D eigenvalue weighted by Crippen LogP contribution is -2.13. The highest BCUT2D eigenvalue weighted by Crippen LogP contribution is 2.24. The maximum absolute atomic E-state index is 5.79. The summed E-state index contributed by atoms with van der Waals surface area (Å²) in [5, 5.41) is 3.32. The number of hydrogen-bond donors (Lipinski definition) is 1. The molecule has 0 aliphatic carbocycles. The lowest BCUT2D eigenvalue weighted by Gasteiger charge is -1.97. The van der Waals surface area contributed by atoms with Gasteiger partial charge in [0.05, 0.1) is 0 Å². The Balaban J connectivity index is 1.97.